The highest BCUT2D eigenvalue weighted by Crippen LogP contribution is 2.44. The molecule has 1 saturated heterocycles. The van der Waals surface area contributed by atoms with Gasteiger partial charge in [0.2, 0.25) is 0 Å². The van der Waals surface area contributed by atoms with E-state index in [0.717, 1.165) is 74.8 Å². The number of rotatable bonds is 4. The van der Waals surface area contributed by atoms with Gasteiger partial charge < -0.3 is 14.4 Å². The van der Waals surface area contributed by atoms with Crippen molar-refractivity contribution in [3.8, 4) is 0 Å². The molecule has 0 atom stereocenters. The van der Waals surface area contributed by atoms with Crippen LogP contribution < -0.4 is 4.90 Å². The third-order valence-electron chi connectivity index (χ3n) is 5.67. The fourth-order valence-corrected chi connectivity index (χ4v) is 6.49. The summed E-state index contributed by atoms with van der Waals surface area (Å²) in [6.07, 6.45) is 4.51. The van der Waals surface area contributed by atoms with E-state index >= 15 is 0 Å². The van der Waals surface area contributed by atoms with Crippen molar-refractivity contribution in [1.82, 2.24) is 15.0 Å². The van der Waals surface area contributed by atoms with E-state index in [1.165, 1.54) is 11.1 Å². The molecule has 164 valence electrons. The fraction of sp³-hybridized carbons (Fsp3) is 0.500. The molecule has 0 spiro atoms. The summed E-state index contributed by atoms with van der Waals surface area (Å²) >= 11 is 9.38. The molecule has 5 rings (SSSR count). The van der Waals surface area contributed by atoms with Gasteiger partial charge in [0.15, 0.2) is 0 Å². The number of nitrogens with zero attached hydrogens (tertiary/aromatic N) is 4. The zero-order valence-electron chi connectivity index (χ0n) is 17.9. The Labute approximate surface area is 195 Å². The highest BCUT2D eigenvalue weighted by Gasteiger charge is 2.33. The molecule has 3 aromatic heterocycles. The molecule has 2 aliphatic rings. The first-order chi connectivity index (χ1) is 14.9. The van der Waals surface area contributed by atoms with Crippen LogP contribution in [0.1, 0.15) is 31.9 Å². The Balaban J connectivity index is 1.70. The summed E-state index contributed by atoms with van der Waals surface area (Å²) in [5.41, 5.74) is 3.30. The van der Waals surface area contributed by atoms with E-state index < -0.39 is 0 Å². The first-order valence-electron chi connectivity index (χ1n) is 10.4. The van der Waals surface area contributed by atoms with Crippen LogP contribution in [0.2, 0.25) is 0 Å². The summed E-state index contributed by atoms with van der Waals surface area (Å²) in [5.74, 6) is 1.82. The maximum atomic E-state index is 6.21. The summed E-state index contributed by atoms with van der Waals surface area (Å²) in [4.78, 5) is 17.8. The SMILES string of the molecule is CC(Cl)=CCSc1ncnc2c1sc1nc(N3CCOCC3)c3c(c12)CC(C)(C)OC3. The summed E-state index contributed by atoms with van der Waals surface area (Å²) in [6, 6.07) is 0. The van der Waals surface area contributed by atoms with E-state index in [0.29, 0.717) is 6.61 Å². The Morgan fingerprint density at radius 1 is 1.29 bits per heavy atom. The van der Waals surface area contributed by atoms with Crippen molar-refractivity contribution >= 4 is 61.0 Å². The van der Waals surface area contributed by atoms with Gasteiger partial charge in [0.25, 0.3) is 0 Å². The molecule has 0 radical (unpaired) electrons. The predicted molar refractivity (Wildman–Crippen MR) is 129 cm³/mol. The minimum absolute atomic E-state index is 0.217. The van der Waals surface area contributed by atoms with Crippen LogP contribution in [0.4, 0.5) is 5.82 Å². The monoisotopic (exact) mass is 476 g/mol. The Morgan fingerprint density at radius 2 is 2.10 bits per heavy atom. The predicted octanol–water partition coefficient (Wildman–Crippen LogP) is 5.16. The topological polar surface area (TPSA) is 60.4 Å². The number of halogens is 1. The molecule has 3 aromatic rings. The molecule has 0 aliphatic carbocycles. The van der Waals surface area contributed by atoms with Crippen molar-refractivity contribution < 1.29 is 9.47 Å². The fourth-order valence-electron chi connectivity index (χ4n) is 4.14. The summed E-state index contributed by atoms with van der Waals surface area (Å²) in [5, 5.41) is 2.94. The number of pyridine rings is 1. The molecule has 0 saturated carbocycles. The van der Waals surface area contributed by atoms with Gasteiger partial charge in [-0.3, -0.25) is 0 Å². The van der Waals surface area contributed by atoms with E-state index in [2.05, 4.69) is 23.7 Å². The number of morpholine rings is 1. The van der Waals surface area contributed by atoms with Crippen molar-refractivity contribution in [1.29, 1.82) is 0 Å². The van der Waals surface area contributed by atoms with Crippen molar-refractivity contribution in [2.45, 2.75) is 44.4 Å². The van der Waals surface area contributed by atoms with Gasteiger partial charge in [-0.15, -0.1) is 23.1 Å². The highest BCUT2D eigenvalue weighted by atomic mass is 35.5. The normalized spacial score (nSPS) is 19.2. The zero-order chi connectivity index (χ0) is 21.6. The first-order valence-corrected chi connectivity index (χ1v) is 12.6. The number of thioether (sulfide) groups is 1. The van der Waals surface area contributed by atoms with Crippen LogP contribution in [-0.2, 0) is 22.5 Å². The Bertz CT molecular complexity index is 1170. The molecule has 2 aliphatic heterocycles. The second kappa shape index (κ2) is 8.48. The van der Waals surface area contributed by atoms with Gasteiger partial charge in [0, 0.05) is 41.2 Å². The van der Waals surface area contributed by atoms with Crippen molar-refractivity contribution in [2.75, 3.05) is 37.0 Å². The van der Waals surface area contributed by atoms with Crippen LogP contribution in [0.5, 0.6) is 0 Å². The lowest BCUT2D eigenvalue weighted by Crippen LogP contribution is -2.39. The smallest absolute Gasteiger partial charge is 0.136 e. The molecule has 5 heterocycles. The number of ether oxygens (including phenoxy) is 2. The third kappa shape index (κ3) is 4.16. The molecule has 1 fully saturated rings. The number of fused-ring (bicyclic) bond motifs is 5. The molecule has 6 nitrogen and oxygen atoms in total. The van der Waals surface area contributed by atoms with Gasteiger partial charge in [-0.25, -0.2) is 15.0 Å². The van der Waals surface area contributed by atoms with E-state index in [4.69, 9.17) is 31.0 Å². The number of hydrogen-bond acceptors (Lipinski definition) is 8. The van der Waals surface area contributed by atoms with Crippen LogP contribution in [-0.4, -0.2) is 52.6 Å². The number of thiophene rings is 1. The van der Waals surface area contributed by atoms with E-state index in [-0.39, 0.29) is 5.60 Å². The molecule has 0 N–H and O–H groups in total. The molecular formula is C22H25ClN4O2S2. The van der Waals surface area contributed by atoms with Crippen molar-refractivity contribution in [2.24, 2.45) is 0 Å². The quantitative estimate of drug-likeness (QED) is 0.380. The van der Waals surface area contributed by atoms with Crippen LogP contribution in [0.25, 0.3) is 20.4 Å². The van der Waals surface area contributed by atoms with Gasteiger partial charge in [-0.1, -0.05) is 17.7 Å². The van der Waals surface area contributed by atoms with E-state index in [9.17, 15) is 0 Å². The van der Waals surface area contributed by atoms with Gasteiger partial charge in [0.05, 0.1) is 35.6 Å². The van der Waals surface area contributed by atoms with Crippen LogP contribution in [0.15, 0.2) is 22.5 Å². The van der Waals surface area contributed by atoms with Gasteiger partial charge in [-0.2, -0.15) is 0 Å². The lowest BCUT2D eigenvalue weighted by molar-refractivity contribution is -0.0396. The average molecular weight is 477 g/mol. The third-order valence-corrected chi connectivity index (χ3v) is 7.95. The molecule has 0 amide bonds. The van der Waals surface area contributed by atoms with E-state index in [1.807, 2.05) is 13.0 Å². The summed E-state index contributed by atoms with van der Waals surface area (Å²) < 4.78 is 12.9. The average Bonchev–Trinajstić information content (AvgIpc) is 3.12. The molecule has 0 unspecified atom stereocenters. The maximum Gasteiger partial charge on any atom is 0.136 e. The molecule has 0 bridgehead atoms. The molecule has 9 heteroatoms. The summed E-state index contributed by atoms with van der Waals surface area (Å²) in [7, 11) is 0. The molecular weight excluding hydrogens is 452 g/mol. The van der Waals surface area contributed by atoms with E-state index in [1.54, 1.807) is 29.4 Å². The molecule has 31 heavy (non-hydrogen) atoms. The lowest BCUT2D eigenvalue weighted by Gasteiger charge is -2.36. The van der Waals surface area contributed by atoms with Gasteiger partial charge in [0.1, 0.15) is 22.0 Å². The number of anilines is 1. The number of allylic oxidation sites excluding steroid dienone is 1. The second-order valence-corrected chi connectivity index (χ2v) is 11.1. The maximum absolute atomic E-state index is 6.21. The Morgan fingerprint density at radius 3 is 2.87 bits per heavy atom. The van der Waals surface area contributed by atoms with Crippen molar-refractivity contribution in [3.63, 3.8) is 0 Å². The largest absolute Gasteiger partial charge is 0.378 e. The van der Waals surface area contributed by atoms with Gasteiger partial charge >= 0.3 is 0 Å². The highest BCUT2D eigenvalue weighted by molar-refractivity contribution is 7.99. The zero-order valence-corrected chi connectivity index (χ0v) is 20.3. The lowest BCUT2D eigenvalue weighted by atomic mass is 9.90. The number of aromatic nitrogens is 3. The minimum atomic E-state index is -0.217. The molecule has 0 aromatic carbocycles. The van der Waals surface area contributed by atoms with Crippen molar-refractivity contribution in [3.05, 3.63) is 28.6 Å². The van der Waals surface area contributed by atoms with Crippen LogP contribution in [0.3, 0.4) is 0 Å². The second-order valence-electron chi connectivity index (χ2n) is 8.46. The Kier molecular flexibility index (Phi) is 5.85. The van der Waals surface area contributed by atoms with Crippen LogP contribution >= 0.6 is 34.7 Å². The standard InChI is InChI=1S/C22H25ClN4O2S2/c1-13(23)4-9-30-21-18-17(24-12-25-21)16-14-10-22(2,3)29-11-15(14)19(26-20(16)31-18)27-5-7-28-8-6-27/h4,12H,5-11H2,1-3H3. The van der Waals surface area contributed by atoms with Crippen LogP contribution in [0, 0.1) is 0 Å². The minimum Gasteiger partial charge on any atom is -0.378 e. The van der Waals surface area contributed by atoms with Gasteiger partial charge in [-0.05, 0) is 26.3 Å². The first kappa shape index (κ1) is 21.4. The Hall–Kier alpha value is -1.45. The number of hydrogen-bond donors (Lipinski definition) is 0. The summed E-state index contributed by atoms with van der Waals surface area (Å²) in [6.45, 7) is 9.94.